The number of ketones is 1. The van der Waals surface area contributed by atoms with E-state index in [1.165, 1.54) is 0 Å². The lowest BCUT2D eigenvalue weighted by Gasteiger charge is -2.10. The van der Waals surface area contributed by atoms with Gasteiger partial charge < -0.3 is 5.32 Å². The molecule has 0 fully saturated rings. The Labute approximate surface area is 205 Å². The lowest BCUT2D eigenvalue weighted by molar-refractivity contribution is 0.0679. The number of hydrogen-bond acceptors (Lipinski definition) is 7. The van der Waals surface area contributed by atoms with Crippen molar-refractivity contribution >= 4 is 33.2 Å². The van der Waals surface area contributed by atoms with Gasteiger partial charge in [0.2, 0.25) is 11.7 Å². The quantitative estimate of drug-likeness (QED) is 0.220. The third kappa shape index (κ3) is 4.67. The van der Waals surface area contributed by atoms with Crippen molar-refractivity contribution in [1.82, 2.24) is 25.0 Å². The number of hydrogen-bond donors (Lipinski definition) is 1. The minimum absolute atomic E-state index is 0.0397. The number of benzene rings is 2. The molecule has 12 heteroatoms. The van der Waals surface area contributed by atoms with Gasteiger partial charge in [0, 0.05) is 28.6 Å². The van der Waals surface area contributed by atoms with Crippen molar-refractivity contribution < 1.29 is 22.4 Å². The topological polar surface area (TPSA) is 85.6 Å². The highest BCUT2D eigenvalue weighted by atomic mass is 32.1. The average molecular weight is 512 g/mol. The first-order valence-corrected chi connectivity index (χ1v) is 11.5. The summed E-state index contributed by atoms with van der Waals surface area (Å²) in [5.41, 5.74) is 0.176. The lowest BCUT2D eigenvalue weighted by atomic mass is 9.96. The molecule has 0 aliphatic rings. The molecule has 0 unspecified atom stereocenters. The molecule has 0 aliphatic carbocycles. The Kier molecular flexibility index (Phi) is 6.42. The van der Waals surface area contributed by atoms with Crippen LogP contribution in [0.4, 0.5) is 23.5 Å². The van der Waals surface area contributed by atoms with E-state index in [2.05, 4.69) is 25.6 Å². The molecule has 0 amide bonds. The number of rotatable bonds is 8. The molecule has 0 saturated carbocycles. The molecule has 7 nitrogen and oxygen atoms in total. The number of fused-ring (bicyclic) bond motifs is 1. The average Bonchev–Trinajstić information content (AvgIpc) is 3.54. The largest absolute Gasteiger partial charge is 0.352 e. The number of nitrogens with zero attached hydrogens (tertiary/aromatic N) is 5. The first-order valence-electron chi connectivity index (χ1n) is 10.7. The van der Waals surface area contributed by atoms with Crippen molar-refractivity contribution in [3.05, 3.63) is 78.3 Å². The van der Waals surface area contributed by atoms with E-state index in [9.17, 15) is 22.4 Å². The minimum Gasteiger partial charge on any atom is -0.352 e. The highest BCUT2D eigenvalue weighted by Gasteiger charge is 2.24. The molecule has 0 spiro atoms. The van der Waals surface area contributed by atoms with E-state index in [0.717, 1.165) is 35.7 Å². The molecule has 5 aromatic rings. The van der Waals surface area contributed by atoms with Crippen LogP contribution >= 0.6 is 11.3 Å². The van der Waals surface area contributed by atoms with Crippen LogP contribution < -0.4 is 5.32 Å². The summed E-state index contributed by atoms with van der Waals surface area (Å²) in [6, 6.07) is 9.77. The number of thiophene rings is 1. The maximum Gasteiger partial charge on any atom is 0.300 e. The summed E-state index contributed by atoms with van der Waals surface area (Å²) < 4.78 is 57.4. The van der Waals surface area contributed by atoms with Gasteiger partial charge in [-0.25, -0.2) is 27.5 Å². The first kappa shape index (κ1) is 23.5. The number of alkyl halides is 2. The summed E-state index contributed by atoms with van der Waals surface area (Å²) in [5, 5.41) is 11.2. The van der Waals surface area contributed by atoms with Crippen molar-refractivity contribution in [2.45, 2.75) is 13.0 Å². The molecule has 0 atom stereocenters. The Hall–Kier alpha value is -4.19. The van der Waals surface area contributed by atoms with Gasteiger partial charge in [0.15, 0.2) is 5.82 Å². The molecule has 5 rings (SSSR count). The van der Waals surface area contributed by atoms with Gasteiger partial charge >= 0.3 is 6.43 Å². The zero-order valence-electron chi connectivity index (χ0n) is 18.3. The SMILES string of the molecule is O=C(c1ccc(F)cc1-c1cccc2cc(-c3nc(NCCn4ccnn4)ncc3F)sc12)C(F)F. The van der Waals surface area contributed by atoms with Gasteiger partial charge in [0.25, 0.3) is 0 Å². The fourth-order valence-electron chi connectivity index (χ4n) is 3.72. The number of carbonyl (C=O) groups excluding carboxylic acids is 1. The monoisotopic (exact) mass is 512 g/mol. The van der Waals surface area contributed by atoms with Crippen molar-refractivity contribution in [2.24, 2.45) is 0 Å². The summed E-state index contributed by atoms with van der Waals surface area (Å²) in [7, 11) is 0. The minimum atomic E-state index is -3.24. The van der Waals surface area contributed by atoms with Crippen LogP contribution in [-0.4, -0.2) is 43.7 Å². The van der Waals surface area contributed by atoms with Crippen LogP contribution in [0.1, 0.15) is 10.4 Å². The van der Waals surface area contributed by atoms with E-state index >= 15 is 0 Å². The second-order valence-corrected chi connectivity index (χ2v) is 8.72. The third-order valence-corrected chi connectivity index (χ3v) is 6.54. The molecule has 3 aromatic heterocycles. The number of halogens is 4. The summed E-state index contributed by atoms with van der Waals surface area (Å²) in [6.45, 7) is 0.918. The Balaban J connectivity index is 1.52. The van der Waals surface area contributed by atoms with Crippen LogP contribution in [-0.2, 0) is 6.54 Å². The van der Waals surface area contributed by atoms with E-state index < -0.39 is 23.8 Å². The normalized spacial score (nSPS) is 11.4. The van der Waals surface area contributed by atoms with E-state index in [4.69, 9.17) is 0 Å². The van der Waals surface area contributed by atoms with E-state index in [1.54, 1.807) is 41.3 Å². The highest BCUT2D eigenvalue weighted by molar-refractivity contribution is 7.22. The van der Waals surface area contributed by atoms with Gasteiger partial charge in [-0.1, -0.05) is 23.4 Å². The smallest absolute Gasteiger partial charge is 0.300 e. The van der Waals surface area contributed by atoms with Crippen LogP contribution in [0.5, 0.6) is 0 Å². The molecule has 36 heavy (non-hydrogen) atoms. The molecule has 0 saturated heterocycles. The Bertz CT molecular complexity index is 1550. The molecule has 2 aromatic carbocycles. The third-order valence-electron chi connectivity index (χ3n) is 5.35. The predicted octanol–water partition coefficient (Wildman–Crippen LogP) is 5.45. The summed E-state index contributed by atoms with van der Waals surface area (Å²) in [4.78, 5) is 20.8. The Morgan fingerprint density at radius 3 is 2.75 bits per heavy atom. The summed E-state index contributed by atoms with van der Waals surface area (Å²) in [5.74, 6) is -2.52. The number of Topliss-reactive ketones (excluding diaryl/α,β-unsaturated/α-hetero) is 1. The van der Waals surface area contributed by atoms with Gasteiger partial charge in [0.05, 0.1) is 23.8 Å². The van der Waals surface area contributed by atoms with Gasteiger partial charge in [-0.3, -0.25) is 9.48 Å². The molecular formula is C24H16F4N6OS. The zero-order chi connectivity index (χ0) is 25.2. The van der Waals surface area contributed by atoms with Gasteiger partial charge in [-0.05, 0) is 35.2 Å². The molecule has 1 N–H and O–H groups in total. The summed E-state index contributed by atoms with van der Waals surface area (Å²) >= 11 is 1.15. The maximum absolute atomic E-state index is 14.7. The highest BCUT2D eigenvalue weighted by Crippen LogP contribution is 2.40. The molecule has 182 valence electrons. The van der Waals surface area contributed by atoms with Gasteiger partial charge in [-0.2, -0.15) is 0 Å². The number of nitrogens with one attached hydrogen (secondary N) is 1. The fourth-order valence-corrected chi connectivity index (χ4v) is 4.90. The van der Waals surface area contributed by atoms with Gasteiger partial charge in [-0.15, -0.1) is 16.4 Å². The van der Waals surface area contributed by atoms with Crippen LogP contribution in [0.25, 0.3) is 31.8 Å². The first-order chi connectivity index (χ1) is 17.4. The van der Waals surface area contributed by atoms with Gasteiger partial charge in [0.1, 0.15) is 11.5 Å². The molecular weight excluding hydrogens is 496 g/mol. The van der Waals surface area contributed by atoms with Crippen LogP contribution in [0.2, 0.25) is 0 Å². The van der Waals surface area contributed by atoms with E-state index in [0.29, 0.717) is 33.6 Å². The predicted molar refractivity (Wildman–Crippen MR) is 127 cm³/mol. The maximum atomic E-state index is 14.7. The van der Waals surface area contributed by atoms with Crippen molar-refractivity contribution in [1.29, 1.82) is 0 Å². The zero-order valence-corrected chi connectivity index (χ0v) is 19.1. The lowest BCUT2D eigenvalue weighted by Crippen LogP contribution is -2.13. The van der Waals surface area contributed by atoms with Crippen molar-refractivity contribution in [2.75, 3.05) is 11.9 Å². The number of carbonyl (C=O) groups is 1. The Morgan fingerprint density at radius 1 is 1.11 bits per heavy atom. The second-order valence-electron chi connectivity index (χ2n) is 7.67. The standard InChI is InChI=1S/C24H16F4N6OS/c25-14-4-5-15(21(35)23(27)28)17(11-14)16-3-1-2-13-10-19(36-22(13)16)20-18(26)12-30-24(32-20)29-6-8-34-9-7-31-33-34/h1-5,7,9-12,23H,6,8H2,(H,29,30,32). The van der Waals surface area contributed by atoms with E-state index in [-0.39, 0.29) is 22.8 Å². The van der Waals surface area contributed by atoms with Crippen molar-refractivity contribution in [3.63, 3.8) is 0 Å². The van der Waals surface area contributed by atoms with Crippen LogP contribution in [0.3, 0.4) is 0 Å². The van der Waals surface area contributed by atoms with E-state index in [1.807, 2.05) is 0 Å². The molecule has 0 radical (unpaired) electrons. The van der Waals surface area contributed by atoms with Crippen molar-refractivity contribution in [3.8, 4) is 21.7 Å². The fraction of sp³-hybridized carbons (Fsp3) is 0.125. The molecule has 0 bridgehead atoms. The molecule has 0 aliphatic heterocycles. The van der Waals surface area contributed by atoms with Crippen LogP contribution in [0.15, 0.2) is 61.1 Å². The second kappa shape index (κ2) is 9.82. The number of aromatic nitrogens is 5. The Morgan fingerprint density at radius 2 is 1.97 bits per heavy atom. The van der Waals surface area contributed by atoms with Crippen LogP contribution in [0, 0.1) is 11.6 Å². The number of anilines is 1. The summed E-state index contributed by atoms with van der Waals surface area (Å²) in [6.07, 6.45) is 1.07. The molecule has 3 heterocycles.